The molecule has 0 aliphatic heterocycles. The topological polar surface area (TPSA) is 70.0 Å². The average molecular weight is 370 g/mol. The molecule has 0 aliphatic carbocycles. The molecule has 4 aromatic rings. The number of aromatic nitrogens is 6. The summed E-state index contributed by atoms with van der Waals surface area (Å²) in [6.45, 7) is 2.09. The Kier molecular flexibility index (Phi) is 4.27. The van der Waals surface area contributed by atoms with Crippen molar-refractivity contribution in [3.8, 4) is 0 Å². The van der Waals surface area contributed by atoms with Crippen LogP contribution in [0.3, 0.4) is 0 Å². The fourth-order valence-electron chi connectivity index (χ4n) is 3.28. The van der Waals surface area contributed by atoms with Crippen molar-refractivity contribution in [2.45, 2.75) is 25.4 Å². The lowest BCUT2D eigenvalue weighted by atomic mass is 9.91. The first-order valence-electron chi connectivity index (χ1n) is 8.36. The molecule has 0 radical (unpaired) electrons. The summed E-state index contributed by atoms with van der Waals surface area (Å²) in [7, 11) is 0. The lowest BCUT2D eigenvalue weighted by molar-refractivity contribution is 0.361. The Balaban J connectivity index is 1.81. The highest BCUT2D eigenvalue weighted by Gasteiger charge is 2.26. The molecule has 0 saturated carbocycles. The van der Waals surface area contributed by atoms with E-state index < -0.39 is 23.6 Å². The Hall–Kier alpha value is -3.36. The SMILES string of the molecule is CC(C(Cn1cncn1)c1ccc(F)cc1F)n1ccc2nccn2c1=O. The summed E-state index contributed by atoms with van der Waals surface area (Å²) in [5.41, 5.74) is 0.546. The summed E-state index contributed by atoms with van der Waals surface area (Å²) in [4.78, 5) is 20.8. The molecule has 0 amide bonds. The van der Waals surface area contributed by atoms with E-state index in [1.165, 1.54) is 40.0 Å². The first-order valence-corrected chi connectivity index (χ1v) is 8.36. The minimum atomic E-state index is -0.663. The maximum atomic E-state index is 14.5. The molecule has 3 heterocycles. The van der Waals surface area contributed by atoms with Gasteiger partial charge in [0.15, 0.2) is 0 Å². The van der Waals surface area contributed by atoms with Gasteiger partial charge in [0.2, 0.25) is 0 Å². The van der Waals surface area contributed by atoms with Crippen molar-refractivity contribution in [1.82, 2.24) is 28.7 Å². The fraction of sp³-hybridized carbons (Fsp3) is 0.222. The van der Waals surface area contributed by atoms with Crippen molar-refractivity contribution in [2.75, 3.05) is 0 Å². The summed E-state index contributed by atoms with van der Waals surface area (Å²) in [5, 5.41) is 4.08. The van der Waals surface area contributed by atoms with Gasteiger partial charge in [-0.15, -0.1) is 0 Å². The van der Waals surface area contributed by atoms with Gasteiger partial charge in [-0.1, -0.05) is 6.07 Å². The monoisotopic (exact) mass is 370 g/mol. The van der Waals surface area contributed by atoms with E-state index in [-0.39, 0.29) is 12.2 Å². The third-order valence-electron chi connectivity index (χ3n) is 4.71. The summed E-state index contributed by atoms with van der Waals surface area (Å²) in [5.74, 6) is -1.80. The summed E-state index contributed by atoms with van der Waals surface area (Å²) in [6.07, 6.45) is 7.64. The van der Waals surface area contributed by atoms with E-state index in [1.807, 2.05) is 6.92 Å². The van der Waals surface area contributed by atoms with Crippen LogP contribution in [0, 0.1) is 11.6 Å². The van der Waals surface area contributed by atoms with Crippen LogP contribution >= 0.6 is 0 Å². The Bertz CT molecular complexity index is 1130. The third kappa shape index (κ3) is 3.12. The molecular formula is C18H16F2N6O. The standard InChI is InChI=1S/C18H16F2N6O/c1-12(25-6-4-17-22-5-7-26(17)18(25)27)15(9-24-11-21-10-23-24)14-3-2-13(19)8-16(14)20/h2-8,10-12,15H,9H2,1H3. The second kappa shape index (κ2) is 6.75. The molecular weight excluding hydrogens is 354 g/mol. The lowest BCUT2D eigenvalue weighted by Crippen LogP contribution is -2.32. The van der Waals surface area contributed by atoms with Crippen LogP contribution in [-0.2, 0) is 6.54 Å². The zero-order valence-electron chi connectivity index (χ0n) is 14.4. The van der Waals surface area contributed by atoms with Gasteiger partial charge in [0.05, 0.1) is 6.54 Å². The molecule has 0 spiro atoms. The van der Waals surface area contributed by atoms with Crippen molar-refractivity contribution in [3.63, 3.8) is 0 Å². The molecule has 9 heteroatoms. The van der Waals surface area contributed by atoms with Gasteiger partial charge in [-0.3, -0.25) is 13.6 Å². The van der Waals surface area contributed by atoms with E-state index in [1.54, 1.807) is 23.1 Å². The molecule has 0 aliphatic rings. The Morgan fingerprint density at radius 1 is 1.19 bits per heavy atom. The maximum Gasteiger partial charge on any atom is 0.334 e. The highest BCUT2D eigenvalue weighted by Crippen LogP contribution is 2.31. The zero-order chi connectivity index (χ0) is 19.0. The molecule has 3 aromatic heterocycles. The lowest BCUT2D eigenvalue weighted by Gasteiger charge is -2.26. The first-order chi connectivity index (χ1) is 13.0. The van der Waals surface area contributed by atoms with Crippen LogP contribution in [0.1, 0.15) is 24.4 Å². The van der Waals surface area contributed by atoms with Crippen molar-refractivity contribution in [1.29, 1.82) is 0 Å². The van der Waals surface area contributed by atoms with Gasteiger partial charge in [-0.2, -0.15) is 5.10 Å². The molecule has 27 heavy (non-hydrogen) atoms. The van der Waals surface area contributed by atoms with Gasteiger partial charge in [0.25, 0.3) is 0 Å². The molecule has 2 atom stereocenters. The highest BCUT2D eigenvalue weighted by molar-refractivity contribution is 5.35. The van der Waals surface area contributed by atoms with Crippen molar-refractivity contribution in [2.24, 2.45) is 0 Å². The van der Waals surface area contributed by atoms with Crippen LogP contribution in [0.15, 0.2) is 60.3 Å². The van der Waals surface area contributed by atoms with Crippen LogP contribution in [0.5, 0.6) is 0 Å². The minimum absolute atomic E-state index is 0.276. The molecule has 0 N–H and O–H groups in total. The van der Waals surface area contributed by atoms with E-state index in [0.29, 0.717) is 11.2 Å². The Morgan fingerprint density at radius 2 is 2.04 bits per heavy atom. The largest absolute Gasteiger partial charge is 0.334 e. The molecule has 2 unspecified atom stereocenters. The van der Waals surface area contributed by atoms with Crippen molar-refractivity contribution in [3.05, 3.63) is 83.2 Å². The fourth-order valence-corrected chi connectivity index (χ4v) is 3.28. The Labute approximate surface area is 152 Å². The number of benzene rings is 1. The summed E-state index contributed by atoms with van der Waals surface area (Å²) >= 11 is 0. The maximum absolute atomic E-state index is 14.5. The smallest absolute Gasteiger partial charge is 0.297 e. The predicted molar refractivity (Wildman–Crippen MR) is 93.3 cm³/mol. The van der Waals surface area contributed by atoms with Crippen LogP contribution in [0.25, 0.3) is 5.65 Å². The second-order valence-electron chi connectivity index (χ2n) is 6.29. The molecule has 0 fully saturated rings. The van der Waals surface area contributed by atoms with Gasteiger partial charge < -0.3 is 0 Å². The first kappa shape index (κ1) is 17.1. The third-order valence-corrected chi connectivity index (χ3v) is 4.71. The van der Waals surface area contributed by atoms with E-state index in [9.17, 15) is 13.6 Å². The second-order valence-corrected chi connectivity index (χ2v) is 6.29. The van der Waals surface area contributed by atoms with E-state index in [2.05, 4.69) is 15.1 Å². The van der Waals surface area contributed by atoms with Gasteiger partial charge in [0, 0.05) is 36.6 Å². The highest BCUT2D eigenvalue weighted by atomic mass is 19.1. The summed E-state index contributed by atoms with van der Waals surface area (Å²) in [6, 6.07) is 4.74. The molecule has 1 aromatic carbocycles. The molecule has 4 rings (SSSR count). The van der Waals surface area contributed by atoms with Crippen LogP contribution in [-0.4, -0.2) is 28.7 Å². The number of imidazole rings is 1. The van der Waals surface area contributed by atoms with E-state index in [4.69, 9.17) is 0 Å². The molecule has 0 saturated heterocycles. The van der Waals surface area contributed by atoms with Crippen LogP contribution in [0.2, 0.25) is 0 Å². The zero-order valence-corrected chi connectivity index (χ0v) is 14.4. The number of rotatable bonds is 5. The molecule has 7 nitrogen and oxygen atoms in total. The van der Waals surface area contributed by atoms with E-state index >= 15 is 0 Å². The number of hydrogen-bond donors (Lipinski definition) is 0. The van der Waals surface area contributed by atoms with Crippen LogP contribution in [0.4, 0.5) is 8.78 Å². The molecule has 0 bridgehead atoms. The average Bonchev–Trinajstić information content (AvgIpc) is 3.32. The predicted octanol–water partition coefficient (Wildman–Crippen LogP) is 2.41. The van der Waals surface area contributed by atoms with Crippen molar-refractivity contribution < 1.29 is 8.78 Å². The number of hydrogen-bond acceptors (Lipinski definition) is 4. The van der Waals surface area contributed by atoms with Crippen molar-refractivity contribution >= 4 is 5.65 Å². The van der Waals surface area contributed by atoms with E-state index in [0.717, 1.165) is 6.07 Å². The number of nitrogens with zero attached hydrogens (tertiary/aromatic N) is 6. The summed E-state index contributed by atoms with van der Waals surface area (Å²) < 4.78 is 32.4. The molecule has 138 valence electrons. The number of halogens is 2. The quantitative estimate of drug-likeness (QED) is 0.541. The number of fused-ring (bicyclic) bond motifs is 1. The van der Waals surface area contributed by atoms with Gasteiger partial charge in [0.1, 0.15) is 29.9 Å². The minimum Gasteiger partial charge on any atom is -0.297 e. The van der Waals surface area contributed by atoms with Gasteiger partial charge in [-0.25, -0.2) is 23.5 Å². The Morgan fingerprint density at radius 3 is 2.78 bits per heavy atom. The normalized spacial score (nSPS) is 13.7. The van der Waals surface area contributed by atoms with Gasteiger partial charge in [-0.05, 0) is 24.6 Å². The van der Waals surface area contributed by atoms with Gasteiger partial charge >= 0.3 is 5.69 Å². The van der Waals surface area contributed by atoms with Crippen LogP contribution < -0.4 is 5.69 Å².